The van der Waals surface area contributed by atoms with E-state index in [1.165, 1.54) is 0 Å². The third-order valence-corrected chi connectivity index (χ3v) is 7.12. The van der Waals surface area contributed by atoms with Gasteiger partial charge in [-0.1, -0.05) is 29.8 Å². The monoisotopic (exact) mass is 541 g/mol. The summed E-state index contributed by atoms with van der Waals surface area (Å²) >= 11 is 6.33. The molecular formula is C29H32ClNO7. The van der Waals surface area contributed by atoms with Crippen LogP contribution in [-0.2, 0) is 43.2 Å². The van der Waals surface area contributed by atoms with Crippen molar-refractivity contribution in [1.29, 1.82) is 0 Å². The van der Waals surface area contributed by atoms with Crippen LogP contribution in [0, 0.1) is 0 Å². The van der Waals surface area contributed by atoms with Crippen LogP contribution >= 0.6 is 11.6 Å². The molecule has 1 aliphatic heterocycles. The number of hydrogen-bond acceptors (Lipinski definition) is 7. The molecule has 0 spiro atoms. The zero-order valence-electron chi connectivity index (χ0n) is 21.5. The van der Waals surface area contributed by atoms with Gasteiger partial charge in [-0.05, 0) is 47.7 Å². The van der Waals surface area contributed by atoms with E-state index in [-0.39, 0.29) is 36.1 Å². The molecule has 38 heavy (non-hydrogen) atoms. The maximum Gasteiger partial charge on any atom is 0.255 e. The Morgan fingerprint density at radius 3 is 2.58 bits per heavy atom. The SMILES string of the molecule is COCCOCCOc1ccc(CC(=O)CCc2ccc3c(c2)CN(C2CCC(=O)CC2=O)C3=O)cc1Cl. The molecule has 0 bridgehead atoms. The normalized spacial score (nSPS) is 17.2. The second-order valence-corrected chi connectivity index (χ2v) is 10.0. The molecular weight excluding hydrogens is 510 g/mol. The molecule has 1 aliphatic carbocycles. The van der Waals surface area contributed by atoms with Crippen LogP contribution in [0.5, 0.6) is 5.75 Å². The first-order valence-electron chi connectivity index (χ1n) is 12.8. The number of aryl methyl sites for hydroxylation is 1. The second-order valence-electron chi connectivity index (χ2n) is 9.59. The fraction of sp³-hybridized carbons (Fsp3) is 0.448. The Labute approximate surface area is 227 Å². The van der Waals surface area contributed by atoms with Crippen molar-refractivity contribution in [3.05, 3.63) is 63.7 Å². The van der Waals surface area contributed by atoms with Gasteiger partial charge >= 0.3 is 0 Å². The first-order valence-corrected chi connectivity index (χ1v) is 13.2. The minimum atomic E-state index is -0.532. The highest BCUT2D eigenvalue weighted by Crippen LogP contribution is 2.30. The van der Waals surface area contributed by atoms with E-state index in [9.17, 15) is 19.2 Å². The predicted octanol–water partition coefficient (Wildman–Crippen LogP) is 3.77. The van der Waals surface area contributed by atoms with Crippen molar-refractivity contribution in [3.8, 4) is 5.75 Å². The summed E-state index contributed by atoms with van der Waals surface area (Å²) in [5.74, 6) is 0.213. The van der Waals surface area contributed by atoms with E-state index in [2.05, 4.69) is 0 Å². The molecule has 2 aliphatic rings. The van der Waals surface area contributed by atoms with E-state index in [0.717, 1.165) is 16.7 Å². The number of hydrogen-bond donors (Lipinski definition) is 0. The Morgan fingerprint density at radius 1 is 1.03 bits per heavy atom. The van der Waals surface area contributed by atoms with Crippen LogP contribution in [0.3, 0.4) is 0 Å². The van der Waals surface area contributed by atoms with Crippen molar-refractivity contribution >= 4 is 34.9 Å². The van der Waals surface area contributed by atoms with E-state index < -0.39 is 6.04 Å². The number of rotatable bonds is 13. The van der Waals surface area contributed by atoms with Gasteiger partial charge in [-0.25, -0.2) is 0 Å². The van der Waals surface area contributed by atoms with E-state index >= 15 is 0 Å². The lowest BCUT2D eigenvalue weighted by Crippen LogP contribution is -2.44. The summed E-state index contributed by atoms with van der Waals surface area (Å²) < 4.78 is 15.9. The van der Waals surface area contributed by atoms with Gasteiger partial charge in [-0.2, -0.15) is 0 Å². The largest absolute Gasteiger partial charge is 0.490 e. The molecule has 1 amide bonds. The van der Waals surface area contributed by atoms with Crippen molar-refractivity contribution in [2.24, 2.45) is 0 Å². The summed E-state index contributed by atoms with van der Waals surface area (Å²) in [6.07, 6.45) is 1.79. The molecule has 0 aromatic heterocycles. The maximum atomic E-state index is 12.9. The molecule has 4 rings (SSSR count). The lowest BCUT2D eigenvalue weighted by atomic mass is 9.92. The first kappa shape index (κ1) is 28.0. The third-order valence-electron chi connectivity index (χ3n) is 6.82. The van der Waals surface area contributed by atoms with E-state index in [1.54, 1.807) is 30.2 Å². The zero-order valence-corrected chi connectivity index (χ0v) is 22.3. The van der Waals surface area contributed by atoms with Gasteiger partial charge in [0, 0.05) is 38.5 Å². The minimum Gasteiger partial charge on any atom is -0.490 e. The minimum absolute atomic E-state index is 0.0616. The standard InChI is InChI=1S/C29H32ClNO7/c1-36-10-11-37-12-13-38-28-9-4-20(16-25(28)30)15-22(32)5-2-19-3-7-24-21(14-19)18-31(29(24)35)26-8-6-23(33)17-27(26)34/h3-4,7,9,14,16,26H,2,5-6,8,10-13,15,17-18H2,1H3. The van der Waals surface area contributed by atoms with Crippen LogP contribution in [0.25, 0.3) is 0 Å². The molecule has 0 N–H and O–H groups in total. The Kier molecular flexibility index (Phi) is 9.66. The maximum absolute atomic E-state index is 12.9. The number of halogens is 1. The molecule has 1 heterocycles. The summed E-state index contributed by atoms with van der Waals surface area (Å²) in [4.78, 5) is 51.0. The summed E-state index contributed by atoms with van der Waals surface area (Å²) in [6, 6.07) is 10.4. The van der Waals surface area contributed by atoms with Crippen molar-refractivity contribution in [3.63, 3.8) is 0 Å². The Hall–Kier alpha value is -3.07. The van der Waals surface area contributed by atoms with Gasteiger partial charge in [-0.15, -0.1) is 0 Å². The predicted molar refractivity (Wildman–Crippen MR) is 141 cm³/mol. The number of ketones is 3. The molecule has 202 valence electrons. The van der Waals surface area contributed by atoms with Gasteiger partial charge in [0.2, 0.25) is 0 Å². The number of fused-ring (bicyclic) bond motifs is 1. The molecule has 2 aromatic rings. The zero-order chi connectivity index (χ0) is 27.1. The number of nitrogens with zero attached hydrogens (tertiary/aromatic N) is 1. The van der Waals surface area contributed by atoms with Crippen LogP contribution in [0.4, 0.5) is 0 Å². The highest BCUT2D eigenvalue weighted by atomic mass is 35.5. The Balaban J connectivity index is 1.26. The fourth-order valence-corrected chi connectivity index (χ4v) is 5.08. The second kappa shape index (κ2) is 13.1. The Bertz CT molecular complexity index is 1210. The van der Waals surface area contributed by atoms with Crippen LogP contribution in [0.1, 0.15) is 52.7 Å². The van der Waals surface area contributed by atoms with Gasteiger partial charge < -0.3 is 19.1 Å². The van der Waals surface area contributed by atoms with E-state index in [1.807, 2.05) is 18.2 Å². The average Bonchev–Trinajstić information content (AvgIpc) is 3.21. The highest BCUT2D eigenvalue weighted by Gasteiger charge is 2.38. The summed E-state index contributed by atoms with van der Waals surface area (Å²) in [6.45, 7) is 2.17. The fourth-order valence-electron chi connectivity index (χ4n) is 4.82. The average molecular weight is 542 g/mol. The van der Waals surface area contributed by atoms with Gasteiger partial charge in [0.15, 0.2) is 5.78 Å². The van der Waals surface area contributed by atoms with Gasteiger partial charge in [-0.3, -0.25) is 19.2 Å². The first-order chi connectivity index (χ1) is 18.4. The van der Waals surface area contributed by atoms with Gasteiger partial charge in [0.05, 0.1) is 37.3 Å². The number of carbonyl (C=O) groups is 4. The molecule has 2 aromatic carbocycles. The van der Waals surface area contributed by atoms with Crippen molar-refractivity contribution in [2.75, 3.05) is 33.5 Å². The number of ether oxygens (including phenoxy) is 3. The topological polar surface area (TPSA) is 99.2 Å². The van der Waals surface area contributed by atoms with Crippen LogP contribution in [-0.4, -0.2) is 67.7 Å². The van der Waals surface area contributed by atoms with Gasteiger partial charge in [0.25, 0.3) is 5.91 Å². The number of amides is 1. The molecule has 1 saturated carbocycles. The highest BCUT2D eigenvalue weighted by molar-refractivity contribution is 6.32. The van der Waals surface area contributed by atoms with Crippen molar-refractivity contribution in [1.82, 2.24) is 4.90 Å². The quantitative estimate of drug-likeness (QED) is 0.281. The molecule has 0 saturated heterocycles. The van der Waals surface area contributed by atoms with Crippen LogP contribution in [0.2, 0.25) is 5.02 Å². The molecule has 0 radical (unpaired) electrons. The van der Waals surface area contributed by atoms with Gasteiger partial charge in [0.1, 0.15) is 23.9 Å². The number of Topliss-reactive ketones (excluding diaryl/α,β-unsaturated/α-hetero) is 3. The lowest BCUT2D eigenvalue weighted by Gasteiger charge is -2.29. The summed E-state index contributed by atoms with van der Waals surface area (Å²) in [7, 11) is 1.62. The summed E-state index contributed by atoms with van der Waals surface area (Å²) in [5.41, 5.74) is 3.22. The molecule has 9 heteroatoms. The Morgan fingerprint density at radius 2 is 1.82 bits per heavy atom. The number of benzene rings is 2. The number of carbonyl (C=O) groups excluding carboxylic acids is 4. The molecule has 8 nitrogen and oxygen atoms in total. The van der Waals surface area contributed by atoms with Crippen molar-refractivity contribution in [2.45, 2.75) is 51.1 Å². The molecule has 1 unspecified atom stereocenters. The van der Waals surface area contributed by atoms with E-state index in [0.29, 0.717) is 75.0 Å². The number of methoxy groups -OCH3 is 1. The molecule has 1 fully saturated rings. The van der Waals surface area contributed by atoms with Crippen LogP contribution < -0.4 is 4.74 Å². The summed E-state index contributed by atoms with van der Waals surface area (Å²) in [5, 5.41) is 0.445. The van der Waals surface area contributed by atoms with Crippen LogP contribution in [0.15, 0.2) is 36.4 Å². The molecule has 1 atom stereocenters. The van der Waals surface area contributed by atoms with Crippen molar-refractivity contribution < 1.29 is 33.4 Å². The van der Waals surface area contributed by atoms with E-state index in [4.69, 9.17) is 25.8 Å². The third kappa shape index (κ3) is 7.07. The smallest absolute Gasteiger partial charge is 0.255 e. The lowest BCUT2D eigenvalue weighted by molar-refractivity contribution is -0.133.